The molecule has 3 nitrogen and oxygen atoms in total. The largest absolute Gasteiger partial charge is 0.598 e. The monoisotopic (exact) mass is 244 g/mol. The molecule has 2 unspecified atom stereocenters. The summed E-state index contributed by atoms with van der Waals surface area (Å²) in [4.78, 5) is 0. The Morgan fingerprint density at radius 2 is 2.12 bits per heavy atom. The molecule has 1 aliphatic heterocycles. The van der Waals surface area contributed by atoms with E-state index in [1.54, 1.807) is 0 Å². The highest BCUT2D eigenvalue weighted by molar-refractivity contribution is 7.90. The Balaban J connectivity index is 1.85. The highest BCUT2D eigenvalue weighted by Crippen LogP contribution is 2.43. The minimum absolute atomic E-state index is 0.149. The number of hydrogen-bond acceptors (Lipinski definition) is 3. The van der Waals surface area contributed by atoms with E-state index in [4.69, 9.17) is 0 Å². The van der Waals surface area contributed by atoms with Crippen LogP contribution >= 0.6 is 0 Å². The second kappa shape index (κ2) is 4.48. The molecule has 0 aromatic carbocycles. The molecular weight excluding hydrogens is 220 g/mol. The van der Waals surface area contributed by atoms with Crippen LogP contribution in [-0.2, 0) is 11.4 Å². The SMILES string of the molecule is CC(C)(C)[S+]([O-])N[C@@H]1CCC2(CCNC2)C1. The molecule has 0 radical (unpaired) electrons. The van der Waals surface area contributed by atoms with Gasteiger partial charge < -0.3 is 9.87 Å². The van der Waals surface area contributed by atoms with Crippen LogP contribution in [0.3, 0.4) is 0 Å². The summed E-state index contributed by atoms with van der Waals surface area (Å²) < 4.78 is 15.2. The first-order valence-electron chi connectivity index (χ1n) is 6.30. The maximum Gasteiger partial charge on any atom is 0.136 e. The minimum atomic E-state index is -0.914. The molecule has 0 aromatic rings. The second-order valence-corrected chi connectivity index (χ2v) is 8.36. The quantitative estimate of drug-likeness (QED) is 0.725. The van der Waals surface area contributed by atoms with E-state index < -0.39 is 11.4 Å². The topological polar surface area (TPSA) is 47.1 Å². The van der Waals surface area contributed by atoms with E-state index in [1.165, 1.54) is 25.7 Å². The van der Waals surface area contributed by atoms with E-state index in [2.05, 4.69) is 10.0 Å². The molecule has 1 spiro atoms. The fourth-order valence-corrected chi connectivity index (χ4v) is 3.68. The van der Waals surface area contributed by atoms with E-state index in [9.17, 15) is 4.55 Å². The lowest BCUT2D eigenvalue weighted by atomic mass is 9.85. The van der Waals surface area contributed by atoms with E-state index in [0.29, 0.717) is 11.5 Å². The van der Waals surface area contributed by atoms with Crippen LogP contribution in [0.25, 0.3) is 0 Å². The zero-order valence-corrected chi connectivity index (χ0v) is 11.5. The lowest BCUT2D eigenvalue weighted by Gasteiger charge is -2.27. The summed E-state index contributed by atoms with van der Waals surface area (Å²) in [6.07, 6.45) is 4.97. The first kappa shape index (κ1) is 12.7. The van der Waals surface area contributed by atoms with Crippen molar-refractivity contribution in [2.45, 2.75) is 57.2 Å². The molecule has 1 heterocycles. The molecule has 2 N–H and O–H groups in total. The fourth-order valence-electron chi connectivity index (χ4n) is 2.82. The van der Waals surface area contributed by atoms with Crippen molar-refractivity contribution >= 4 is 11.4 Å². The molecule has 2 aliphatic rings. The third-order valence-corrected chi connectivity index (χ3v) is 5.52. The number of nitrogens with one attached hydrogen (secondary N) is 2. The molecular formula is C12H24N2OS. The molecule has 2 rings (SSSR count). The molecule has 3 atom stereocenters. The van der Waals surface area contributed by atoms with Gasteiger partial charge in [0.2, 0.25) is 0 Å². The van der Waals surface area contributed by atoms with Gasteiger partial charge in [-0.1, -0.05) is 0 Å². The lowest BCUT2D eigenvalue weighted by Crippen LogP contribution is -2.44. The Kier molecular flexibility index (Phi) is 3.55. The highest BCUT2D eigenvalue weighted by atomic mass is 32.2. The van der Waals surface area contributed by atoms with Crippen LogP contribution in [0.5, 0.6) is 0 Å². The van der Waals surface area contributed by atoms with Crippen molar-refractivity contribution in [3.05, 3.63) is 0 Å². The van der Waals surface area contributed by atoms with E-state index in [1.807, 2.05) is 20.8 Å². The van der Waals surface area contributed by atoms with Crippen LogP contribution in [-0.4, -0.2) is 28.4 Å². The summed E-state index contributed by atoms with van der Waals surface area (Å²) >= 11 is -0.914. The third kappa shape index (κ3) is 2.73. The van der Waals surface area contributed by atoms with Gasteiger partial charge in [-0.3, -0.25) is 0 Å². The molecule has 0 bridgehead atoms. The normalized spacial score (nSPS) is 37.1. The van der Waals surface area contributed by atoms with Crippen molar-refractivity contribution in [3.63, 3.8) is 0 Å². The van der Waals surface area contributed by atoms with Crippen LogP contribution in [0.2, 0.25) is 0 Å². The fraction of sp³-hybridized carbons (Fsp3) is 1.00. The van der Waals surface area contributed by atoms with Crippen molar-refractivity contribution < 1.29 is 4.55 Å². The molecule has 2 fully saturated rings. The molecule has 1 aliphatic carbocycles. The molecule has 1 saturated heterocycles. The summed E-state index contributed by atoms with van der Waals surface area (Å²) in [6, 6.07) is 0.458. The van der Waals surface area contributed by atoms with Crippen molar-refractivity contribution in [3.8, 4) is 0 Å². The van der Waals surface area contributed by atoms with Gasteiger partial charge in [-0.05, 0) is 58.4 Å². The van der Waals surface area contributed by atoms with Gasteiger partial charge in [0.15, 0.2) is 0 Å². The Morgan fingerprint density at radius 3 is 2.69 bits per heavy atom. The summed E-state index contributed by atoms with van der Waals surface area (Å²) in [5, 5.41) is 3.46. The van der Waals surface area contributed by atoms with Crippen molar-refractivity contribution in [2.75, 3.05) is 13.1 Å². The number of rotatable bonds is 2. The van der Waals surface area contributed by atoms with Crippen molar-refractivity contribution in [1.82, 2.24) is 10.0 Å². The zero-order chi connectivity index (χ0) is 11.8. The van der Waals surface area contributed by atoms with Gasteiger partial charge in [-0.2, -0.15) is 0 Å². The van der Waals surface area contributed by atoms with Gasteiger partial charge in [-0.15, -0.1) is 4.72 Å². The minimum Gasteiger partial charge on any atom is -0.598 e. The van der Waals surface area contributed by atoms with Gasteiger partial charge in [0.1, 0.15) is 4.75 Å². The summed E-state index contributed by atoms with van der Waals surface area (Å²) in [7, 11) is 0. The second-order valence-electron chi connectivity index (χ2n) is 6.37. The van der Waals surface area contributed by atoms with Gasteiger partial charge in [0.05, 0.1) is 6.04 Å². The summed E-state index contributed by atoms with van der Waals surface area (Å²) in [5.74, 6) is 0. The maximum absolute atomic E-state index is 12.0. The smallest absolute Gasteiger partial charge is 0.136 e. The van der Waals surface area contributed by atoms with Crippen molar-refractivity contribution in [2.24, 2.45) is 5.41 Å². The van der Waals surface area contributed by atoms with Crippen LogP contribution < -0.4 is 10.0 Å². The Labute approximate surface area is 102 Å². The molecule has 1 saturated carbocycles. The summed E-state index contributed by atoms with van der Waals surface area (Å²) in [6.45, 7) is 8.40. The van der Waals surface area contributed by atoms with Gasteiger partial charge in [0, 0.05) is 17.9 Å². The van der Waals surface area contributed by atoms with E-state index in [-0.39, 0.29) is 4.75 Å². The van der Waals surface area contributed by atoms with Crippen LogP contribution in [0.15, 0.2) is 0 Å². The Hall–Kier alpha value is 0.230. The van der Waals surface area contributed by atoms with Gasteiger partial charge in [0.25, 0.3) is 0 Å². The molecule has 94 valence electrons. The van der Waals surface area contributed by atoms with Crippen LogP contribution in [0.1, 0.15) is 46.5 Å². The van der Waals surface area contributed by atoms with Gasteiger partial charge in [-0.25, -0.2) is 0 Å². The molecule has 16 heavy (non-hydrogen) atoms. The summed E-state index contributed by atoms with van der Waals surface area (Å²) in [5.41, 5.74) is 0.514. The predicted octanol–water partition coefficient (Wildman–Crippen LogP) is 1.57. The van der Waals surface area contributed by atoms with Crippen LogP contribution in [0, 0.1) is 5.41 Å². The van der Waals surface area contributed by atoms with Gasteiger partial charge >= 0.3 is 0 Å². The average Bonchev–Trinajstić information content (AvgIpc) is 2.77. The van der Waals surface area contributed by atoms with Crippen molar-refractivity contribution in [1.29, 1.82) is 0 Å². The predicted molar refractivity (Wildman–Crippen MR) is 68.6 cm³/mol. The Bertz CT molecular complexity index is 246. The molecule has 4 heteroatoms. The van der Waals surface area contributed by atoms with E-state index in [0.717, 1.165) is 13.1 Å². The van der Waals surface area contributed by atoms with E-state index >= 15 is 0 Å². The first-order valence-corrected chi connectivity index (χ1v) is 7.45. The maximum atomic E-state index is 12.0. The molecule has 0 aromatic heterocycles. The van der Waals surface area contributed by atoms with Crippen LogP contribution in [0.4, 0.5) is 0 Å². The third-order valence-electron chi connectivity index (χ3n) is 3.86. The first-order chi connectivity index (χ1) is 7.41. The zero-order valence-electron chi connectivity index (χ0n) is 10.6. The standard InChI is InChI=1S/C12H24N2OS/c1-11(2,3)16(15)14-10-4-5-12(8-10)6-7-13-9-12/h10,13-14H,4-9H2,1-3H3/t10-,12?,16?/m1/s1. The number of hydrogen-bond donors (Lipinski definition) is 2. The lowest BCUT2D eigenvalue weighted by molar-refractivity contribution is 0.328. The average molecular weight is 244 g/mol. The Morgan fingerprint density at radius 1 is 1.38 bits per heavy atom. The highest BCUT2D eigenvalue weighted by Gasteiger charge is 2.43. The molecule has 0 amide bonds.